The van der Waals surface area contributed by atoms with Crippen LogP contribution in [0.5, 0.6) is 23.0 Å². The van der Waals surface area contributed by atoms with Crippen molar-refractivity contribution in [3.63, 3.8) is 0 Å². The number of tetrazole rings is 1. The fourth-order valence-electron chi connectivity index (χ4n) is 4.72. The Morgan fingerprint density at radius 2 is 1.68 bits per heavy atom. The van der Waals surface area contributed by atoms with Crippen LogP contribution in [0, 0.1) is 5.82 Å². The molecule has 3 aromatic carbocycles. The molecule has 0 bridgehead atoms. The van der Waals surface area contributed by atoms with Crippen molar-refractivity contribution < 1.29 is 32.9 Å². The van der Waals surface area contributed by atoms with Gasteiger partial charge in [-0.25, -0.2) is 4.39 Å². The molecule has 0 radical (unpaired) electrons. The number of anilines is 1. The molecule has 0 aliphatic carbocycles. The number of rotatable bonds is 9. The number of benzene rings is 3. The predicted octanol–water partition coefficient (Wildman–Crippen LogP) is 3.96. The van der Waals surface area contributed by atoms with Gasteiger partial charge in [0.2, 0.25) is 11.7 Å². The van der Waals surface area contributed by atoms with Crippen LogP contribution in [0.25, 0.3) is 11.4 Å². The van der Waals surface area contributed by atoms with Crippen molar-refractivity contribution in [2.45, 2.75) is 38.9 Å². The average Bonchev–Trinajstić information content (AvgIpc) is 3.47. The van der Waals surface area contributed by atoms with E-state index in [1.165, 1.54) is 43.4 Å². The van der Waals surface area contributed by atoms with Crippen molar-refractivity contribution in [2.24, 2.45) is 0 Å². The van der Waals surface area contributed by atoms with Crippen LogP contribution in [0.1, 0.15) is 32.4 Å². The van der Waals surface area contributed by atoms with E-state index < -0.39 is 29.2 Å². The Morgan fingerprint density at radius 1 is 0.977 bits per heavy atom. The maximum atomic E-state index is 14.2. The van der Waals surface area contributed by atoms with Crippen molar-refractivity contribution in [3.05, 3.63) is 72.0 Å². The highest BCUT2D eigenvalue weighted by Gasteiger charge is 2.35. The van der Waals surface area contributed by atoms with Gasteiger partial charge in [0.05, 0.1) is 14.2 Å². The average molecular weight is 605 g/mol. The molecule has 2 amide bonds. The molecule has 230 valence electrons. The number of nitrogens with zero attached hydrogens (tertiary/aromatic N) is 5. The second-order valence-electron chi connectivity index (χ2n) is 11.0. The SMILES string of the molecule is COc1ccc(-c2nnn(CC(=O)N(c3ccc4c(c3)OCCO4)C(C(=O)NC(C)(C)C)c3ccc(F)cc3)n2)cc1OC. The Morgan fingerprint density at radius 3 is 2.36 bits per heavy atom. The lowest BCUT2D eigenvalue weighted by Crippen LogP contribution is -2.50. The number of fused-ring (bicyclic) bond motifs is 1. The number of carbonyl (C=O) groups excluding carboxylic acids is 2. The summed E-state index contributed by atoms with van der Waals surface area (Å²) in [5.41, 5.74) is 0.726. The van der Waals surface area contributed by atoms with Crippen LogP contribution in [0.15, 0.2) is 60.7 Å². The maximum absolute atomic E-state index is 14.2. The Labute approximate surface area is 253 Å². The van der Waals surface area contributed by atoms with Gasteiger partial charge in [0.15, 0.2) is 23.0 Å². The molecule has 2 heterocycles. The van der Waals surface area contributed by atoms with Gasteiger partial charge in [0.25, 0.3) is 5.91 Å². The van der Waals surface area contributed by atoms with Crippen LogP contribution in [-0.2, 0) is 16.1 Å². The standard InChI is InChI=1S/C31H33FN6O6/c1-31(2,3)33-30(40)28(19-6-9-21(32)10-7-19)38(22-11-13-24-26(17-22)44-15-14-43-24)27(39)18-37-35-29(34-36-37)20-8-12-23(41-4)25(16-20)42-5/h6-13,16-17,28H,14-15,18H2,1-5H3,(H,33,40). The molecule has 0 fully saturated rings. The van der Waals surface area contributed by atoms with E-state index in [0.717, 1.165) is 4.80 Å². The minimum atomic E-state index is -1.18. The zero-order chi connectivity index (χ0) is 31.4. The van der Waals surface area contributed by atoms with Crippen molar-refractivity contribution in [2.75, 3.05) is 32.3 Å². The van der Waals surface area contributed by atoms with E-state index in [-0.39, 0.29) is 12.4 Å². The van der Waals surface area contributed by atoms with Crippen LogP contribution in [0.3, 0.4) is 0 Å². The van der Waals surface area contributed by atoms with Gasteiger partial charge in [0, 0.05) is 22.9 Å². The number of hydrogen-bond acceptors (Lipinski definition) is 9. The number of amides is 2. The highest BCUT2D eigenvalue weighted by Crippen LogP contribution is 2.37. The van der Waals surface area contributed by atoms with E-state index in [4.69, 9.17) is 18.9 Å². The van der Waals surface area contributed by atoms with Gasteiger partial charge >= 0.3 is 0 Å². The van der Waals surface area contributed by atoms with Crippen molar-refractivity contribution in [1.82, 2.24) is 25.5 Å². The fraction of sp³-hybridized carbons (Fsp3) is 0.323. The lowest BCUT2D eigenvalue weighted by Gasteiger charge is -2.34. The minimum absolute atomic E-state index is 0.255. The van der Waals surface area contributed by atoms with E-state index in [0.29, 0.717) is 53.0 Å². The normalized spacial score (nSPS) is 13.1. The van der Waals surface area contributed by atoms with Crippen LogP contribution < -0.4 is 29.2 Å². The van der Waals surface area contributed by atoms with Gasteiger partial charge in [-0.3, -0.25) is 14.5 Å². The summed E-state index contributed by atoms with van der Waals surface area (Å²) in [5, 5.41) is 15.6. The van der Waals surface area contributed by atoms with Crippen molar-refractivity contribution >= 4 is 17.5 Å². The number of halogens is 1. The second-order valence-corrected chi connectivity index (χ2v) is 11.0. The van der Waals surface area contributed by atoms with Gasteiger partial charge in [-0.15, -0.1) is 10.2 Å². The second kappa shape index (κ2) is 12.6. The summed E-state index contributed by atoms with van der Waals surface area (Å²) >= 11 is 0. The molecule has 1 unspecified atom stereocenters. The van der Waals surface area contributed by atoms with E-state index >= 15 is 0 Å². The molecule has 44 heavy (non-hydrogen) atoms. The third-order valence-corrected chi connectivity index (χ3v) is 6.63. The molecule has 1 atom stereocenters. The smallest absolute Gasteiger partial charge is 0.251 e. The van der Waals surface area contributed by atoms with Gasteiger partial charge in [-0.2, -0.15) is 4.80 Å². The summed E-state index contributed by atoms with van der Waals surface area (Å²) in [6.07, 6.45) is 0. The van der Waals surface area contributed by atoms with E-state index in [9.17, 15) is 14.0 Å². The molecule has 5 rings (SSSR count). The minimum Gasteiger partial charge on any atom is -0.493 e. The Kier molecular flexibility index (Phi) is 8.65. The lowest BCUT2D eigenvalue weighted by atomic mass is 10.0. The van der Waals surface area contributed by atoms with Crippen LogP contribution in [-0.4, -0.2) is 65.0 Å². The summed E-state index contributed by atoms with van der Waals surface area (Å²) in [5.74, 6) is 0.739. The number of hydrogen-bond donors (Lipinski definition) is 1. The molecule has 0 spiro atoms. The summed E-state index contributed by atoms with van der Waals surface area (Å²) in [4.78, 5) is 30.5. The van der Waals surface area contributed by atoms with Gasteiger partial charge < -0.3 is 24.3 Å². The molecule has 1 aliphatic rings. The molecular formula is C31H33FN6O6. The molecule has 1 aromatic heterocycles. The zero-order valence-electron chi connectivity index (χ0n) is 25.0. The maximum Gasteiger partial charge on any atom is 0.251 e. The van der Waals surface area contributed by atoms with Gasteiger partial charge in [-0.05, 0) is 74.0 Å². The number of methoxy groups -OCH3 is 2. The number of nitrogens with one attached hydrogen (secondary N) is 1. The number of aromatic nitrogens is 4. The first-order valence-electron chi connectivity index (χ1n) is 13.9. The number of ether oxygens (including phenoxy) is 4. The molecule has 0 saturated carbocycles. The lowest BCUT2D eigenvalue weighted by molar-refractivity contribution is -0.128. The van der Waals surface area contributed by atoms with Crippen molar-refractivity contribution in [1.29, 1.82) is 0 Å². The van der Waals surface area contributed by atoms with Gasteiger partial charge in [0.1, 0.15) is 31.6 Å². The fourth-order valence-corrected chi connectivity index (χ4v) is 4.72. The van der Waals surface area contributed by atoms with Crippen LogP contribution in [0.2, 0.25) is 0 Å². The summed E-state index contributed by atoms with van der Waals surface area (Å²) in [7, 11) is 3.05. The molecular weight excluding hydrogens is 571 g/mol. The molecule has 1 N–H and O–H groups in total. The monoisotopic (exact) mass is 604 g/mol. The van der Waals surface area contributed by atoms with E-state index in [1.54, 1.807) is 36.4 Å². The van der Waals surface area contributed by atoms with Crippen LogP contribution in [0.4, 0.5) is 10.1 Å². The molecule has 13 heteroatoms. The predicted molar refractivity (Wildman–Crippen MR) is 158 cm³/mol. The Hall–Kier alpha value is -5.20. The van der Waals surface area contributed by atoms with Crippen molar-refractivity contribution in [3.8, 4) is 34.4 Å². The molecule has 1 aliphatic heterocycles. The van der Waals surface area contributed by atoms with Gasteiger partial charge in [-0.1, -0.05) is 12.1 Å². The quantitative estimate of drug-likeness (QED) is 0.302. The molecule has 0 saturated heterocycles. The first kappa shape index (κ1) is 30.3. The Bertz CT molecular complexity index is 1650. The summed E-state index contributed by atoms with van der Waals surface area (Å²) < 4.78 is 36.1. The van der Waals surface area contributed by atoms with E-state index in [2.05, 4.69) is 20.7 Å². The summed E-state index contributed by atoms with van der Waals surface area (Å²) in [6.45, 7) is 5.85. The molecule has 4 aromatic rings. The highest BCUT2D eigenvalue weighted by atomic mass is 19.1. The third kappa shape index (κ3) is 6.72. The molecule has 12 nitrogen and oxygen atoms in total. The number of carbonyl (C=O) groups is 2. The first-order valence-corrected chi connectivity index (χ1v) is 13.9. The Balaban J connectivity index is 1.54. The van der Waals surface area contributed by atoms with Crippen LogP contribution >= 0.6 is 0 Å². The first-order chi connectivity index (χ1) is 21.1. The topological polar surface area (TPSA) is 130 Å². The highest BCUT2D eigenvalue weighted by molar-refractivity contribution is 6.01. The van der Waals surface area contributed by atoms with E-state index in [1.807, 2.05) is 20.8 Å². The zero-order valence-corrected chi connectivity index (χ0v) is 25.0. The third-order valence-electron chi connectivity index (χ3n) is 6.63. The largest absolute Gasteiger partial charge is 0.493 e. The summed E-state index contributed by atoms with van der Waals surface area (Å²) in [6, 6.07) is 14.4.